The van der Waals surface area contributed by atoms with E-state index in [-0.39, 0.29) is 12.5 Å². The summed E-state index contributed by atoms with van der Waals surface area (Å²) >= 11 is 0. The van der Waals surface area contributed by atoms with Gasteiger partial charge in [-0.05, 0) is 6.42 Å². The molecule has 0 spiro atoms. The molecule has 0 aliphatic carbocycles. The minimum absolute atomic E-state index is 0.0694. The molecule has 0 aromatic rings. The van der Waals surface area contributed by atoms with Gasteiger partial charge in [-0.1, -0.05) is 19.1 Å². The Morgan fingerprint density at radius 1 is 1.60 bits per heavy atom. The summed E-state index contributed by atoms with van der Waals surface area (Å²) in [6, 6.07) is 0. The zero-order chi connectivity index (χ0) is 7.82. The van der Waals surface area contributed by atoms with E-state index in [2.05, 4.69) is 5.32 Å². The summed E-state index contributed by atoms with van der Waals surface area (Å²) < 4.78 is 0. The van der Waals surface area contributed by atoms with Gasteiger partial charge in [0.1, 0.15) is 0 Å². The number of amides is 1. The summed E-state index contributed by atoms with van der Waals surface area (Å²) in [5.74, 6) is -0.110. The third kappa shape index (κ3) is 5.31. The Labute approximate surface area is 61.3 Å². The molecule has 10 heavy (non-hydrogen) atoms. The molecule has 0 saturated carbocycles. The first-order valence-corrected chi connectivity index (χ1v) is 3.43. The lowest BCUT2D eigenvalue weighted by Crippen LogP contribution is -2.30. The third-order valence-corrected chi connectivity index (χ3v) is 1.00. The van der Waals surface area contributed by atoms with E-state index in [4.69, 9.17) is 5.73 Å². The molecular weight excluding hydrogens is 128 g/mol. The maximum Gasteiger partial charge on any atom is 0.233 e. The van der Waals surface area contributed by atoms with Crippen molar-refractivity contribution in [3.8, 4) is 0 Å². The molecule has 1 amide bonds. The number of nitrogens with one attached hydrogen (secondary N) is 1. The SMILES string of the molecule is CC/C=C/CNC(=O)CN. The molecule has 0 bridgehead atoms. The zero-order valence-corrected chi connectivity index (χ0v) is 6.26. The Morgan fingerprint density at radius 2 is 2.30 bits per heavy atom. The molecule has 0 rings (SSSR count). The van der Waals surface area contributed by atoms with Crippen molar-refractivity contribution >= 4 is 5.91 Å². The molecule has 3 heteroatoms. The van der Waals surface area contributed by atoms with Crippen molar-refractivity contribution in [1.82, 2.24) is 5.32 Å². The predicted molar refractivity (Wildman–Crippen MR) is 41.5 cm³/mol. The Balaban J connectivity index is 3.19. The van der Waals surface area contributed by atoms with Gasteiger partial charge in [-0.3, -0.25) is 4.79 Å². The van der Waals surface area contributed by atoms with Crippen LogP contribution in [0.25, 0.3) is 0 Å². The van der Waals surface area contributed by atoms with E-state index in [9.17, 15) is 4.79 Å². The summed E-state index contributed by atoms with van der Waals surface area (Å²) in [5, 5.41) is 2.62. The van der Waals surface area contributed by atoms with Crippen LogP contribution < -0.4 is 11.1 Å². The van der Waals surface area contributed by atoms with E-state index in [0.29, 0.717) is 6.54 Å². The molecule has 0 aromatic heterocycles. The van der Waals surface area contributed by atoms with Crippen LogP contribution in [-0.2, 0) is 4.79 Å². The summed E-state index contributed by atoms with van der Waals surface area (Å²) in [4.78, 5) is 10.5. The highest BCUT2D eigenvalue weighted by atomic mass is 16.1. The first kappa shape index (κ1) is 9.17. The van der Waals surface area contributed by atoms with Gasteiger partial charge in [0.25, 0.3) is 0 Å². The number of hydrogen-bond acceptors (Lipinski definition) is 2. The van der Waals surface area contributed by atoms with Gasteiger partial charge >= 0.3 is 0 Å². The average Bonchev–Trinajstić information content (AvgIpc) is 1.98. The highest BCUT2D eigenvalue weighted by molar-refractivity contribution is 5.77. The van der Waals surface area contributed by atoms with E-state index in [0.717, 1.165) is 6.42 Å². The molecule has 0 aliphatic heterocycles. The lowest BCUT2D eigenvalue weighted by molar-refractivity contribution is -0.119. The summed E-state index contributed by atoms with van der Waals surface area (Å²) in [6.45, 7) is 2.70. The topological polar surface area (TPSA) is 55.1 Å². The second-order valence-corrected chi connectivity index (χ2v) is 1.89. The van der Waals surface area contributed by atoms with Crippen molar-refractivity contribution in [2.75, 3.05) is 13.1 Å². The van der Waals surface area contributed by atoms with Crippen molar-refractivity contribution < 1.29 is 4.79 Å². The fourth-order valence-electron chi connectivity index (χ4n) is 0.495. The van der Waals surface area contributed by atoms with Gasteiger partial charge in [-0.15, -0.1) is 0 Å². The molecule has 0 fully saturated rings. The number of carbonyl (C=O) groups excluding carboxylic acids is 1. The number of allylic oxidation sites excluding steroid dienone is 1. The average molecular weight is 142 g/mol. The molecule has 3 nitrogen and oxygen atoms in total. The van der Waals surface area contributed by atoms with Crippen LogP contribution in [-0.4, -0.2) is 19.0 Å². The Kier molecular flexibility index (Phi) is 5.77. The van der Waals surface area contributed by atoms with Crippen LogP contribution in [0.3, 0.4) is 0 Å². The smallest absolute Gasteiger partial charge is 0.233 e. The first-order chi connectivity index (χ1) is 4.81. The number of hydrogen-bond donors (Lipinski definition) is 2. The van der Waals surface area contributed by atoms with E-state index < -0.39 is 0 Å². The summed E-state index contributed by atoms with van der Waals surface area (Å²) in [6.07, 6.45) is 4.91. The number of rotatable bonds is 4. The fourth-order valence-corrected chi connectivity index (χ4v) is 0.495. The van der Waals surface area contributed by atoms with Crippen LogP contribution in [0, 0.1) is 0 Å². The zero-order valence-electron chi connectivity index (χ0n) is 6.26. The molecule has 0 radical (unpaired) electrons. The first-order valence-electron chi connectivity index (χ1n) is 3.43. The van der Waals surface area contributed by atoms with E-state index in [1.807, 2.05) is 19.1 Å². The van der Waals surface area contributed by atoms with Crippen LogP contribution in [0.2, 0.25) is 0 Å². The molecule has 0 saturated heterocycles. The quantitative estimate of drug-likeness (QED) is 0.544. The highest BCUT2D eigenvalue weighted by Crippen LogP contribution is 1.76. The van der Waals surface area contributed by atoms with Crippen molar-refractivity contribution in [3.05, 3.63) is 12.2 Å². The van der Waals surface area contributed by atoms with E-state index >= 15 is 0 Å². The van der Waals surface area contributed by atoms with Crippen LogP contribution in [0.15, 0.2) is 12.2 Å². The van der Waals surface area contributed by atoms with Crippen molar-refractivity contribution in [2.45, 2.75) is 13.3 Å². The minimum atomic E-state index is -0.110. The number of carbonyl (C=O) groups is 1. The second kappa shape index (κ2) is 6.29. The van der Waals surface area contributed by atoms with Gasteiger partial charge in [0.05, 0.1) is 6.54 Å². The largest absolute Gasteiger partial charge is 0.352 e. The van der Waals surface area contributed by atoms with Gasteiger partial charge in [-0.25, -0.2) is 0 Å². The standard InChI is InChI=1S/C7H14N2O/c1-2-3-4-5-9-7(10)6-8/h3-4H,2,5-6,8H2,1H3,(H,9,10)/b4-3+. The molecule has 0 heterocycles. The van der Waals surface area contributed by atoms with Gasteiger partial charge in [0, 0.05) is 6.54 Å². The highest BCUT2D eigenvalue weighted by Gasteiger charge is 1.90. The minimum Gasteiger partial charge on any atom is -0.352 e. The molecule has 0 atom stereocenters. The normalized spacial score (nSPS) is 10.2. The van der Waals surface area contributed by atoms with Crippen LogP contribution in [0.4, 0.5) is 0 Å². The van der Waals surface area contributed by atoms with Gasteiger partial charge < -0.3 is 11.1 Å². The summed E-state index contributed by atoms with van der Waals surface area (Å²) in [5.41, 5.74) is 5.05. The summed E-state index contributed by atoms with van der Waals surface area (Å²) in [7, 11) is 0. The van der Waals surface area contributed by atoms with Gasteiger partial charge in [-0.2, -0.15) is 0 Å². The third-order valence-electron chi connectivity index (χ3n) is 1.00. The monoisotopic (exact) mass is 142 g/mol. The van der Waals surface area contributed by atoms with E-state index in [1.54, 1.807) is 0 Å². The van der Waals surface area contributed by atoms with Crippen LogP contribution in [0.1, 0.15) is 13.3 Å². The Hall–Kier alpha value is -0.830. The maximum atomic E-state index is 10.5. The second-order valence-electron chi connectivity index (χ2n) is 1.89. The molecule has 3 N–H and O–H groups in total. The van der Waals surface area contributed by atoms with Gasteiger partial charge in [0.15, 0.2) is 0 Å². The van der Waals surface area contributed by atoms with E-state index in [1.165, 1.54) is 0 Å². The maximum absolute atomic E-state index is 10.5. The molecule has 0 aliphatic rings. The molecular formula is C7H14N2O. The predicted octanol–water partition coefficient (Wildman–Crippen LogP) is 0.0275. The molecule has 58 valence electrons. The van der Waals surface area contributed by atoms with Gasteiger partial charge in [0.2, 0.25) is 5.91 Å². The lowest BCUT2D eigenvalue weighted by Gasteiger charge is -1.96. The Bertz CT molecular complexity index is 121. The van der Waals surface area contributed by atoms with Crippen LogP contribution >= 0.6 is 0 Å². The fraction of sp³-hybridized carbons (Fsp3) is 0.571. The van der Waals surface area contributed by atoms with Crippen molar-refractivity contribution in [2.24, 2.45) is 5.73 Å². The Morgan fingerprint density at radius 3 is 2.80 bits per heavy atom. The number of nitrogens with two attached hydrogens (primary N) is 1. The van der Waals surface area contributed by atoms with Crippen LogP contribution in [0.5, 0.6) is 0 Å². The van der Waals surface area contributed by atoms with Crippen molar-refractivity contribution in [3.63, 3.8) is 0 Å². The van der Waals surface area contributed by atoms with Crippen molar-refractivity contribution in [1.29, 1.82) is 0 Å². The molecule has 0 aromatic carbocycles. The lowest BCUT2D eigenvalue weighted by atomic mass is 10.4. The molecule has 0 unspecified atom stereocenters.